The van der Waals surface area contributed by atoms with Gasteiger partial charge in [-0.2, -0.15) is 10.5 Å². The maximum absolute atomic E-state index is 13.0. The molecule has 1 aromatic rings. The van der Waals surface area contributed by atoms with Crippen molar-refractivity contribution in [2.75, 3.05) is 19.6 Å². The topological polar surface area (TPSA) is 50.8 Å². The molecule has 0 N–H and O–H groups in total. The molecule has 2 rings (SSSR count). The minimum absolute atomic E-state index is 0.0537. The molecule has 2 atom stereocenters. The van der Waals surface area contributed by atoms with E-state index in [1.807, 2.05) is 12.1 Å². The van der Waals surface area contributed by atoms with Gasteiger partial charge < -0.3 is 4.90 Å². The molecular weight excluding hydrogens is 277 g/mol. The van der Waals surface area contributed by atoms with Crippen molar-refractivity contribution in [2.24, 2.45) is 5.92 Å². The summed E-state index contributed by atoms with van der Waals surface area (Å²) < 4.78 is 13.0. The van der Waals surface area contributed by atoms with Gasteiger partial charge in [0.2, 0.25) is 0 Å². The van der Waals surface area contributed by atoms with Gasteiger partial charge in [-0.3, -0.25) is 0 Å². The van der Waals surface area contributed by atoms with Crippen LogP contribution in [0.4, 0.5) is 4.39 Å². The van der Waals surface area contributed by atoms with Crippen molar-refractivity contribution < 1.29 is 4.39 Å². The smallest absolute Gasteiger partial charge is 0.123 e. The third kappa shape index (κ3) is 4.83. The average molecular weight is 299 g/mol. The van der Waals surface area contributed by atoms with Gasteiger partial charge in [0.15, 0.2) is 0 Å². The van der Waals surface area contributed by atoms with Crippen LogP contribution < -0.4 is 0 Å². The summed E-state index contributed by atoms with van der Waals surface area (Å²) in [6, 6.07) is 11.3. The van der Waals surface area contributed by atoms with E-state index in [0.29, 0.717) is 18.8 Å². The first-order valence-corrected chi connectivity index (χ1v) is 7.97. The van der Waals surface area contributed by atoms with Gasteiger partial charge in [-0.15, -0.1) is 0 Å². The molecule has 1 heterocycles. The van der Waals surface area contributed by atoms with Crippen molar-refractivity contribution in [1.29, 1.82) is 10.5 Å². The second-order valence-corrected chi connectivity index (χ2v) is 6.00. The van der Waals surface area contributed by atoms with Crippen LogP contribution in [0.3, 0.4) is 0 Å². The van der Waals surface area contributed by atoms with Gasteiger partial charge in [-0.05, 0) is 62.4 Å². The molecule has 0 saturated carbocycles. The second-order valence-electron chi connectivity index (χ2n) is 6.00. The van der Waals surface area contributed by atoms with Crippen LogP contribution in [0, 0.1) is 34.4 Å². The quantitative estimate of drug-likeness (QED) is 0.830. The van der Waals surface area contributed by atoms with Crippen molar-refractivity contribution in [3.05, 3.63) is 35.6 Å². The minimum Gasteiger partial charge on any atom is -0.302 e. The molecule has 116 valence electrons. The number of benzene rings is 1. The van der Waals surface area contributed by atoms with E-state index >= 15 is 0 Å². The molecular formula is C18H22FN3. The summed E-state index contributed by atoms with van der Waals surface area (Å²) in [4.78, 5) is 2.34. The summed E-state index contributed by atoms with van der Waals surface area (Å²) in [5.41, 5.74) is 1.21. The lowest BCUT2D eigenvalue weighted by molar-refractivity contribution is 0.254. The molecule has 4 heteroatoms. The molecule has 0 unspecified atom stereocenters. The van der Waals surface area contributed by atoms with E-state index in [1.165, 1.54) is 17.7 Å². The van der Waals surface area contributed by atoms with E-state index < -0.39 is 0 Å². The van der Waals surface area contributed by atoms with Gasteiger partial charge in [0, 0.05) is 13.0 Å². The molecule has 0 bridgehead atoms. The Labute approximate surface area is 132 Å². The lowest BCUT2D eigenvalue weighted by Gasteiger charge is -2.22. The van der Waals surface area contributed by atoms with Crippen LogP contribution in [-0.2, 0) is 0 Å². The molecule has 1 saturated heterocycles. The van der Waals surface area contributed by atoms with Gasteiger partial charge >= 0.3 is 0 Å². The van der Waals surface area contributed by atoms with Crippen molar-refractivity contribution in [2.45, 2.75) is 38.0 Å². The summed E-state index contributed by atoms with van der Waals surface area (Å²) in [6.07, 6.45) is 4.35. The number of nitriles is 2. The van der Waals surface area contributed by atoms with Gasteiger partial charge in [-0.25, -0.2) is 4.39 Å². The number of rotatable bonds is 5. The zero-order valence-electron chi connectivity index (χ0n) is 12.8. The zero-order valence-corrected chi connectivity index (χ0v) is 12.8. The highest BCUT2D eigenvalue weighted by atomic mass is 19.1. The summed E-state index contributed by atoms with van der Waals surface area (Å²) in [5, 5.41) is 17.8. The third-order valence-electron chi connectivity index (χ3n) is 4.43. The molecule has 3 nitrogen and oxygen atoms in total. The lowest BCUT2D eigenvalue weighted by atomic mass is 9.92. The van der Waals surface area contributed by atoms with Crippen LogP contribution in [0.15, 0.2) is 24.3 Å². The standard InChI is InChI=1S/C18H22FN3/c19-18-7-5-17(6-8-18)16-4-2-11-22(12-9-16)14-15(13-21)3-1-10-20/h5-8,15-16H,1-4,9,11-12,14H2/t15-,16+/m0/s1. The van der Waals surface area contributed by atoms with Crippen molar-refractivity contribution in [3.63, 3.8) is 0 Å². The molecule has 1 aliphatic rings. The monoisotopic (exact) mass is 299 g/mol. The van der Waals surface area contributed by atoms with Crippen LogP contribution in [0.5, 0.6) is 0 Å². The number of hydrogen-bond acceptors (Lipinski definition) is 3. The zero-order chi connectivity index (χ0) is 15.8. The number of hydrogen-bond donors (Lipinski definition) is 0. The maximum Gasteiger partial charge on any atom is 0.123 e. The first-order valence-electron chi connectivity index (χ1n) is 7.97. The molecule has 0 spiro atoms. The predicted octanol–water partition coefficient (Wildman–Crippen LogP) is 3.84. The van der Waals surface area contributed by atoms with Crippen LogP contribution in [0.25, 0.3) is 0 Å². The molecule has 1 aliphatic heterocycles. The van der Waals surface area contributed by atoms with Gasteiger partial charge in [0.25, 0.3) is 0 Å². The van der Waals surface area contributed by atoms with Gasteiger partial charge in [0.05, 0.1) is 18.1 Å². The van der Waals surface area contributed by atoms with Crippen molar-refractivity contribution in [1.82, 2.24) is 4.90 Å². The van der Waals surface area contributed by atoms with E-state index in [9.17, 15) is 9.65 Å². The highest BCUT2D eigenvalue weighted by Crippen LogP contribution is 2.28. The second kappa shape index (κ2) is 8.51. The number of nitrogens with zero attached hydrogens (tertiary/aromatic N) is 3. The van der Waals surface area contributed by atoms with E-state index in [1.54, 1.807) is 0 Å². The Morgan fingerprint density at radius 3 is 2.64 bits per heavy atom. The van der Waals surface area contributed by atoms with Crippen LogP contribution >= 0.6 is 0 Å². The molecule has 0 aliphatic carbocycles. The number of halogens is 1. The fraction of sp³-hybridized carbons (Fsp3) is 0.556. The van der Waals surface area contributed by atoms with E-state index in [2.05, 4.69) is 17.0 Å². The fourth-order valence-corrected chi connectivity index (χ4v) is 3.15. The Bertz CT molecular complexity index is 541. The highest BCUT2D eigenvalue weighted by Gasteiger charge is 2.20. The first kappa shape index (κ1) is 16.5. The van der Waals surface area contributed by atoms with Crippen molar-refractivity contribution in [3.8, 4) is 12.1 Å². The van der Waals surface area contributed by atoms with Gasteiger partial charge in [-0.1, -0.05) is 12.1 Å². The molecule has 1 aromatic carbocycles. The summed E-state index contributed by atoms with van der Waals surface area (Å²) in [5.74, 6) is 0.237. The minimum atomic E-state index is -0.187. The van der Waals surface area contributed by atoms with Crippen molar-refractivity contribution >= 4 is 0 Å². The van der Waals surface area contributed by atoms with E-state index in [4.69, 9.17) is 5.26 Å². The third-order valence-corrected chi connectivity index (χ3v) is 4.43. The molecule has 22 heavy (non-hydrogen) atoms. The Morgan fingerprint density at radius 1 is 1.18 bits per heavy atom. The maximum atomic E-state index is 13.0. The SMILES string of the molecule is N#CCC[C@@H](C#N)CN1CCC[C@@H](c2ccc(F)cc2)CC1. The Kier molecular flexibility index (Phi) is 6.37. The molecule has 0 aromatic heterocycles. The molecule has 0 radical (unpaired) electrons. The number of likely N-dealkylation sites (tertiary alicyclic amines) is 1. The summed E-state index contributed by atoms with van der Waals surface area (Å²) >= 11 is 0. The normalized spacial score (nSPS) is 20.6. The highest BCUT2D eigenvalue weighted by molar-refractivity contribution is 5.20. The van der Waals surface area contributed by atoms with Crippen LogP contribution in [-0.4, -0.2) is 24.5 Å². The van der Waals surface area contributed by atoms with E-state index in [0.717, 1.165) is 38.9 Å². The Hall–Kier alpha value is -1.91. The molecule has 1 fully saturated rings. The average Bonchev–Trinajstić information content (AvgIpc) is 2.77. The summed E-state index contributed by atoms with van der Waals surface area (Å²) in [6.45, 7) is 2.73. The largest absolute Gasteiger partial charge is 0.302 e. The Morgan fingerprint density at radius 2 is 1.95 bits per heavy atom. The Balaban J connectivity index is 1.88. The molecule has 0 amide bonds. The van der Waals surface area contributed by atoms with E-state index in [-0.39, 0.29) is 11.7 Å². The predicted molar refractivity (Wildman–Crippen MR) is 83.4 cm³/mol. The van der Waals surface area contributed by atoms with Crippen LogP contribution in [0.2, 0.25) is 0 Å². The van der Waals surface area contributed by atoms with Crippen LogP contribution in [0.1, 0.15) is 43.6 Å². The lowest BCUT2D eigenvalue weighted by Crippen LogP contribution is -2.30. The summed E-state index contributed by atoms with van der Waals surface area (Å²) in [7, 11) is 0. The first-order chi connectivity index (χ1) is 10.7. The fourth-order valence-electron chi connectivity index (χ4n) is 3.15. The van der Waals surface area contributed by atoms with Gasteiger partial charge in [0.1, 0.15) is 5.82 Å².